The molecule has 0 spiro atoms. The number of hydrogen-bond donors (Lipinski definition) is 1. The Balaban J connectivity index is 2.68. The van der Waals surface area contributed by atoms with Crippen LogP contribution in [0.15, 0.2) is 29.2 Å². The van der Waals surface area contributed by atoms with Gasteiger partial charge in [0, 0.05) is 5.56 Å². The molecule has 0 saturated heterocycles. The molecule has 0 radical (unpaired) electrons. The predicted molar refractivity (Wildman–Crippen MR) is 83.9 cm³/mol. The molecule has 1 N–H and O–H groups in total. The quantitative estimate of drug-likeness (QED) is 0.775. The minimum atomic E-state index is -3.88. The van der Waals surface area contributed by atoms with Gasteiger partial charge in [0.1, 0.15) is 0 Å². The van der Waals surface area contributed by atoms with Crippen LogP contribution in [0, 0.1) is 5.92 Å². The number of benzene rings is 1. The van der Waals surface area contributed by atoms with Gasteiger partial charge in [0.2, 0.25) is 5.91 Å². The molecule has 1 aromatic rings. The molecule has 0 heterocycles. The Hall–Kier alpha value is -1.34. The van der Waals surface area contributed by atoms with Gasteiger partial charge in [0.15, 0.2) is 5.78 Å². The fourth-order valence-electron chi connectivity index (χ4n) is 1.49. The summed E-state index contributed by atoms with van der Waals surface area (Å²) in [4.78, 5) is 22.7. The smallest absolute Gasteiger partial charge is 0.264 e. The third kappa shape index (κ3) is 5.89. The molecule has 21 heavy (non-hydrogen) atoms. The van der Waals surface area contributed by atoms with Crippen LogP contribution in [0.3, 0.4) is 0 Å². The van der Waals surface area contributed by atoms with Crippen LogP contribution in [0.25, 0.3) is 0 Å². The van der Waals surface area contributed by atoms with Crippen molar-refractivity contribution in [3.8, 4) is 0 Å². The van der Waals surface area contributed by atoms with Crippen molar-refractivity contribution in [2.45, 2.75) is 25.7 Å². The zero-order valence-corrected chi connectivity index (χ0v) is 13.9. The molecule has 0 unspecified atom stereocenters. The Kier molecular flexibility index (Phi) is 6.42. The third-order valence-corrected chi connectivity index (χ3v) is 5.26. The van der Waals surface area contributed by atoms with Gasteiger partial charge in [0.05, 0.1) is 10.6 Å². The minimum Gasteiger partial charge on any atom is -0.295 e. The van der Waals surface area contributed by atoms with E-state index in [9.17, 15) is 18.0 Å². The SMILES string of the molecule is CC(=O)c1ccc(S(=O)(=O)NC(=O)CSCC(C)C)cc1. The number of amides is 1. The Morgan fingerprint density at radius 2 is 1.76 bits per heavy atom. The maximum atomic E-state index is 12.0. The van der Waals surface area contributed by atoms with E-state index in [2.05, 4.69) is 0 Å². The van der Waals surface area contributed by atoms with Gasteiger partial charge >= 0.3 is 0 Å². The summed E-state index contributed by atoms with van der Waals surface area (Å²) in [7, 11) is -3.88. The third-order valence-electron chi connectivity index (χ3n) is 2.50. The summed E-state index contributed by atoms with van der Waals surface area (Å²) in [6, 6.07) is 5.48. The maximum absolute atomic E-state index is 12.0. The predicted octanol–water partition coefficient (Wildman–Crippen LogP) is 2.08. The summed E-state index contributed by atoms with van der Waals surface area (Å²) >= 11 is 1.39. The zero-order valence-electron chi connectivity index (χ0n) is 12.3. The van der Waals surface area contributed by atoms with Crippen LogP contribution in [0.5, 0.6) is 0 Å². The molecule has 0 aliphatic heterocycles. The van der Waals surface area contributed by atoms with E-state index in [1.807, 2.05) is 18.6 Å². The minimum absolute atomic E-state index is 0.0327. The van der Waals surface area contributed by atoms with E-state index >= 15 is 0 Å². The number of rotatable bonds is 7. The molecule has 1 aromatic carbocycles. The highest BCUT2D eigenvalue weighted by Crippen LogP contribution is 2.12. The zero-order chi connectivity index (χ0) is 16.0. The average molecular weight is 329 g/mol. The summed E-state index contributed by atoms with van der Waals surface area (Å²) < 4.78 is 26.0. The highest BCUT2D eigenvalue weighted by Gasteiger charge is 2.17. The van der Waals surface area contributed by atoms with Gasteiger partial charge in [-0.1, -0.05) is 26.0 Å². The van der Waals surface area contributed by atoms with Crippen LogP contribution in [-0.4, -0.2) is 31.6 Å². The van der Waals surface area contributed by atoms with Gasteiger partial charge in [-0.15, -0.1) is 0 Å². The monoisotopic (exact) mass is 329 g/mol. The second kappa shape index (κ2) is 7.61. The lowest BCUT2D eigenvalue weighted by atomic mass is 10.2. The number of thioether (sulfide) groups is 1. The number of carbonyl (C=O) groups excluding carboxylic acids is 2. The molecule has 0 aliphatic rings. The number of nitrogens with one attached hydrogen (secondary N) is 1. The Bertz CT molecular complexity index is 606. The first-order valence-corrected chi connectivity index (χ1v) is 9.10. The van der Waals surface area contributed by atoms with Crippen molar-refractivity contribution >= 4 is 33.5 Å². The molecular formula is C14H19NO4S2. The molecule has 1 rings (SSSR count). The molecular weight excluding hydrogens is 310 g/mol. The molecule has 0 bridgehead atoms. The van der Waals surface area contributed by atoms with Crippen molar-refractivity contribution in [3.05, 3.63) is 29.8 Å². The molecule has 0 aliphatic carbocycles. The van der Waals surface area contributed by atoms with Crippen LogP contribution < -0.4 is 4.72 Å². The van der Waals surface area contributed by atoms with Crippen LogP contribution >= 0.6 is 11.8 Å². The normalized spacial score (nSPS) is 11.4. The van der Waals surface area contributed by atoms with Crippen molar-refractivity contribution in [1.82, 2.24) is 4.72 Å². The number of sulfonamides is 1. The van der Waals surface area contributed by atoms with Gasteiger partial charge in [-0.3, -0.25) is 9.59 Å². The fraction of sp³-hybridized carbons (Fsp3) is 0.429. The second-order valence-corrected chi connectivity index (χ2v) is 7.73. The van der Waals surface area contributed by atoms with E-state index in [1.165, 1.54) is 43.0 Å². The van der Waals surface area contributed by atoms with Gasteiger partial charge in [-0.2, -0.15) is 11.8 Å². The van der Waals surface area contributed by atoms with Gasteiger partial charge < -0.3 is 0 Å². The van der Waals surface area contributed by atoms with Crippen molar-refractivity contribution in [2.24, 2.45) is 5.92 Å². The van der Waals surface area contributed by atoms with Crippen molar-refractivity contribution in [1.29, 1.82) is 0 Å². The Labute approximate surface area is 129 Å². The van der Waals surface area contributed by atoms with Gasteiger partial charge in [0.25, 0.3) is 10.0 Å². The molecule has 5 nitrogen and oxygen atoms in total. The number of carbonyl (C=O) groups is 2. The van der Waals surface area contributed by atoms with Crippen LogP contribution in [0.1, 0.15) is 31.1 Å². The van der Waals surface area contributed by atoms with E-state index in [4.69, 9.17) is 0 Å². The van der Waals surface area contributed by atoms with Crippen LogP contribution in [-0.2, 0) is 14.8 Å². The molecule has 116 valence electrons. The molecule has 0 saturated carbocycles. The van der Waals surface area contributed by atoms with E-state index in [0.29, 0.717) is 11.5 Å². The van der Waals surface area contributed by atoms with E-state index in [0.717, 1.165) is 5.75 Å². The molecule has 1 amide bonds. The summed E-state index contributed by atoms with van der Waals surface area (Å²) in [5.41, 5.74) is 0.424. The summed E-state index contributed by atoms with van der Waals surface area (Å²) in [5, 5.41) is 0. The number of Topliss-reactive ketones (excluding diaryl/α,β-unsaturated/α-hetero) is 1. The lowest BCUT2D eigenvalue weighted by Gasteiger charge is -2.08. The average Bonchev–Trinajstić information content (AvgIpc) is 2.37. The topological polar surface area (TPSA) is 80.3 Å². The van der Waals surface area contributed by atoms with Crippen LogP contribution in [0.2, 0.25) is 0 Å². The van der Waals surface area contributed by atoms with E-state index < -0.39 is 15.9 Å². The molecule has 0 aromatic heterocycles. The largest absolute Gasteiger partial charge is 0.295 e. The number of hydrogen-bond acceptors (Lipinski definition) is 5. The van der Waals surface area contributed by atoms with E-state index in [1.54, 1.807) is 0 Å². The van der Waals surface area contributed by atoms with Crippen LogP contribution in [0.4, 0.5) is 0 Å². The van der Waals surface area contributed by atoms with Crippen molar-refractivity contribution < 1.29 is 18.0 Å². The summed E-state index contributed by atoms with van der Waals surface area (Å²) in [6.45, 7) is 5.45. The Morgan fingerprint density at radius 3 is 2.24 bits per heavy atom. The van der Waals surface area contributed by atoms with Crippen molar-refractivity contribution in [3.63, 3.8) is 0 Å². The highest BCUT2D eigenvalue weighted by atomic mass is 32.2. The highest BCUT2D eigenvalue weighted by molar-refractivity contribution is 8.00. The van der Waals surface area contributed by atoms with E-state index in [-0.39, 0.29) is 16.4 Å². The fourth-order valence-corrected chi connectivity index (χ4v) is 3.42. The first-order valence-electron chi connectivity index (χ1n) is 6.47. The molecule has 0 atom stereocenters. The summed E-state index contributed by atoms with van der Waals surface area (Å²) in [5.74, 6) is 0.645. The second-order valence-electron chi connectivity index (χ2n) is 5.02. The van der Waals surface area contributed by atoms with Gasteiger partial charge in [-0.05, 0) is 30.7 Å². The maximum Gasteiger partial charge on any atom is 0.264 e. The summed E-state index contributed by atoms with van der Waals surface area (Å²) in [6.07, 6.45) is 0. The first-order chi connectivity index (χ1) is 9.72. The standard InChI is InChI=1S/C14H19NO4S2/c1-10(2)8-20-9-14(17)15-21(18,19)13-6-4-12(5-7-13)11(3)16/h4-7,10H,8-9H2,1-3H3,(H,15,17). The van der Waals surface area contributed by atoms with Gasteiger partial charge in [-0.25, -0.2) is 13.1 Å². The molecule has 7 heteroatoms. The number of ketones is 1. The lowest BCUT2D eigenvalue weighted by Crippen LogP contribution is -2.32. The Morgan fingerprint density at radius 1 is 1.19 bits per heavy atom. The lowest BCUT2D eigenvalue weighted by molar-refractivity contribution is -0.116. The van der Waals surface area contributed by atoms with Crippen molar-refractivity contribution in [2.75, 3.05) is 11.5 Å². The first kappa shape index (κ1) is 17.7. The molecule has 0 fully saturated rings.